The molecule has 1 aliphatic carbocycles. The molecule has 1 aliphatic heterocycles. The molecule has 2 aromatic heterocycles. The predicted octanol–water partition coefficient (Wildman–Crippen LogP) is 2.75. The van der Waals surface area contributed by atoms with Crippen LogP contribution < -0.4 is 5.32 Å². The van der Waals surface area contributed by atoms with E-state index in [0.717, 1.165) is 47.0 Å². The summed E-state index contributed by atoms with van der Waals surface area (Å²) in [5.41, 5.74) is 0.743. The van der Waals surface area contributed by atoms with Gasteiger partial charge in [0.15, 0.2) is 29.1 Å². The van der Waals surface area contributed by atoms with Crippen LogP contribution in [-0.4, -0.2) is 87.9 Å². The number of nitrogens with one attached hydrogen (secondary N) is 1. The Hall–Kier alpha value is -1.18. The number of rotatable bonds is 11. The lowest BCUT2D eigenvalue weighted by Gasteiger charge is -2.22. The summed E-state index contributed by atoms with van der Waals surface area (Å²) >= 11 is 6.17. The lowest BCUT2D eigenvalue weighted by molar-refractivity contribution is -0.0487. The van der Waals surface area contributed by atoms with Crippen LogP contribution in [0.4, 0.5) is 5.82 Å². The number of aliphatic hydroxyl groups is 2. The number of imidazole rings is 1. The van der Waals surface area contributed by atoms with Gasteiger partial charge in [0, 0.05) is 27.4 Å². The normalized spacial score (nSPS) is 27.1. The Morgan fingerprint density at radius 1 is 1.11 bits per heavy atom. The molecule has 14 nitrogen and oxygen atoms in total. The molecule has 202 valence electrons. The molecule has 0 amide bonds. The van der Waals surface area contributed by atoms with Crippen LogP contribution in [0.3, 0.4) is 0 Å². The summed E-state index contributed by atoms with van der Waals surface area (Å²) in [5.74, 6) is -0.165. The Bertz CT molecular complexity index is 1160. The third-order valence-corrected chi connectivity index (χ3v) is 11.5. The standard InChI is InChI=1S/C19H30ClN5O9P2/c1-30-35(28,31-2)10-36(29,32-3)33-8-12-14(26)15(27)18(34-12)25-9-21-13-16(22-11-6-4-5-7-11)23-19(20)24-17(13)25/h9,11-12,14-15,18,26-27H,4-8,10H2,1-3H3,(H,22,23,24)/t12-,14-,15-,18-,36?/m1/s1. The maximum absolute atomic E-state index is 12.9. The van der Waals surface area contributed by atoms with Crippen LogP contribution in [0.25, 0.3) is 11.2 Å². The minimum atomic E-state index is -3.95. The fourth-order valence-corrected chi connectivity index (χ4v) is 8.48. The Balaban J connectivity index is 1.51. The lowest BCUT2D eigenvalue weighted by Crippen LogP contribution is -2.33. The van der Waals surface area contributed by atoms with Gasteiger partial charge in [0.25, 0.3) is 0 Å². The Kier molecular flexibility index (Phi) is 8.73. The number of hydrogen-bond acceptors (Lipinski definition) is 13. The van der Waals surface area contributed by atoms with Gasteiger partial charge in [0.2, 0.25) is 5.28 Å². The van der Waals surface area contributed by atoms with Crippen molar-refractivity contribution in [2.75, 3.05) is 39.2 Å². The number of halogens is 1. The fourth-order valence-electron chi connectivity index (χ4n) is 4.28. The van der Waals surface area contributed by atoms with Gasteiger partial charge in [-0.25, -0.2) is 4.98 Å². The molecule has 0 bridgehead atoms. The molecular formula is C19H30ClN5O9P2. The molecule has 0 aromatic carbocycles. The van der Waals surface area contributed by atoms with Gasteiger partial charge >= 0.3 is 15.2 Å². The Morgan fingerprint density at radius 2 is 1.78 bits per heavy atom. The summed E-state index contributed by atoms with van der Waals surface area (Å²) in [6, 6.07) is 0.254. The summed E-state index contributed by atoms with van der Waals surface area (Å²) in [6.07, 6.45) is 0.662. The van der Waals surface area contributed by atoms with Crippen molar-refractivity contribution in [1.29, 1.82) is 0 Å². The Labute approximate surface area is 212 Å². The molecule has 4 rings (SSSR count). The SMILES string of the molecule is COP(=O)(CP(=O)(OC)OC[C@H]1O[C@@H](n2cnc3c(NC4CCCC4)nc(Cl)nc32)[C@H](O)[C@@H]1O)OC. The topological polar surface area (TPSA) is 176 Å². The molecule has 1 saturated carbocycles. The largest absolute Gasteiger partial charge is 0.387 e. The van der Waals surface area contributed by atoms with Crippen molar-refractivity contribution >= 4 is 43.8 Å². The monoisotopic (exact) mass is 569 g/mol. The second kappa shape index (κ2) is 11.3. The van der Waals surface area contributed by atoms with Crippen molar-refractivity contribution in [2.24, 2.45) is 0 Å². The maximum atomic E-state index is 12.9. The van der Waals surface area contributed by atoms with Crippen molar-refractivity contribution in [3.8, 4) is 0 Å². The summed E-state index contributed by atoms with van der Waals surface area (Å²) in [6.45, 7) is -0.440. The average Bonchev–Trinajstić information content (AvgIpc) is 3.59. The molecule has 1 saturated heterocycles. The van der Waals surface area contributed by atoms with Gasteiger partial charge in [0.05, 0.1) is 12.9 Å². The molecule has 3 N–H and O–H groups in total. The average molecular weight is 570 g/mol. The lowest BCUT2D eigenvalue weighted by atomic mass is 10.1. The molecular weight excluding hydrogens is 540 g/mol. The van der Waals surface area contributed by atoms with Gasteiger partial charge in [-0.15, -0.1) is 0 Å². The zero-order valence-electron chi connectivity index (χ0n) is 20.0. The third-order valence-electron chi connectivity index (χ3n) is 6.32. The first-order valence-corrected chi connectivity index (χ1v) is 15.1. The fraction of sp³-hybridized carbons (Fsp3) is 0.737. The first-order valence-electron chi connectivity index (χ1n) is 11.3. The smallest absolute Gasteiger partial charge is 0.342 e. The van der Waals surface area contributed by atoms with Gasteiger partial charge in [-0.2, -0.15) is 9.97 Å². The highest BCUT2D eigenvalue weighted by atomic mass is 35.5. The van der Waals surface area contributed by atoms with E-state index in [-0.39, 0.29) is 11.3 Å². The highest BCUT2D eigenvalue weighted by molar-refractivity contribution is 7.71. The first-order chi connectivity index (χ1) is 17.1. The Morgan fingerprint density at radius 3 is 2.42 bits per heavy atom. The van der Waals surface area contributed by atoms with Crippen LogP contribution in [0.1, 0.15) is 31.9 Å². The van der Waals surface area contributed by atoms with Crippen molar-refractivity contribution in [3.63, 3.8) is 0 Å². The van der Waals surface area contributed by atoms with Crippen LogP contribution >= 0.6 is 26.8 Å². The van der Waals surface area contributed by atoms with Crippen molar-refractivity contribution in [3.05, 3.63) is 11.6 Å². The number of fused-ring (bicyclic) bond motifs is 1. The number of anilines is 1. The maximum Gasteiger partial charge on any atom is 0.342 e. The number of ether oxygens (including phenoxy) is 1. The molecule has 3 heterocycles. The molecule has 2 aliphatic rings. The first kappa shape index (κ1) is 27.8. The van der Waals surface area contributed by atoms with E-state index in [2.05, 4.69) is 20.3 Å². The number of aliphatic hydroxyl groups excluding tert-OH is 2. The second-order valence-electron chi connectivity index (χ2n) is 8.54. The minimum Gasteiger partial charge on any atom is -0.387 e. The van der Waals surface area contributed by atoms with Gasteiger partial charge < -0.3 is 38.4 Å². The van der Waals surface area contributed by atoms with Crippen molar-refractivity contribution in [1.82, 2.24) is 19.5 Å². The van der Waals surface area contributed by atoms with E-state index in [0.29, 0.717) is 17.0 Å². The van der Waals surface area contributed by atoms with E-state index < -0.39 is 52.2 Å². The molecule has 17 heteroatoms. The third kappa shape index (κ3) is 5.78. The molecule has 2 aromatic rings. The van der Waals surface area contributed by atoms with Crippen LogP contribution in [-0.2, 0) is 32.0 Å². The van der Waals surface area contributed by atoms with Gasteiger partial charge in [-0.3, -0.25) is 13.7 Å². The number of nitrogens with zero attached hydrogens (tertiary/aromatic N) is 4. The van der Waals surface area contributed by atoms with Crippen LogP contribution in [0.5, 0.6) is 0 Å². The predicted molar refractivity (Wildman–Crippen MR) is 129 cm³/mol. The van der Waals surface area contributed by atoms with Gasteiger partial charge in [-0.05, 0) is 24.4 Å². The number of aromatic nitrogens is 4. The van der Waals surface area contributed by atoms with Gasteiger partial charge in [0.1, 0.15) is 18.3 Å². The van der Waals surface area contributed by atoms with Crippen LogP contribution in [0.15, 0.2) is 6.33 Å². The highest BCUT2D eigenvalue weighted by Gasteiger charge is 2.46. The molecule has 36 heavy (non-hydrogen) atoms. The van der Waals surface area contributed by atoms with E-state index in [1.54, 1.807) is 0 Å². The summed E-state index contributed by atoms with van der Waals surface area (Å²) in [7, 11) is -4.25. The zero-order valence-corrected chi connectivity index (χ0v) is 22.6. The van der Waals surface area contributed by atoms with E-state index in [1.807, 2.05) is 0 Å². The molecule has 0 radical (unpaired) electrons. The summed E-state index contributed by atoms with van der Waals surface area (Å²) < 4.78 is 52.5. The second-order valence-corrected chi connectivity index (χ2v) is 13.8. The zero-order chi connectivity index (χ0) is 26.1. The van der Waals surface area contributed by atoms with Gasteiger partial charge in [-0.1, -0.05) is 12.8 Å². The van der Waals surface area contributed by atoms with Crippen molar-refractivity contribution in [2.45, 2.75) is 56.3 Å². The molecule has 1 unspecified atom stereocenters. The van der Waals surface area contributed by atoms with Crippen molar-refractivity contribution < 1.29 is 42.2 Å². The van der Waals surface area contributed by atoms with Crippen LogP contribution in [0, 0.1) is 0 Å². The molecule has 0 spiro atoms. The van der Waals surface area contributed by atoms with E-state index in [4.69, 9.17) is 34.4 Å². The minimum absolute atomic E-state index is 0.0144. The van der Waals surface area contributed by atoms with E-state index in [9.17, 15) is 19.3 Å². The summed E-state index contributed by atoms with van der Waals surface area (Å²) in [4.78, 5) is 12.9. The number of hydrogen-bond donors (Lipinski definition) is 3. The van der Waals surface area contributed by atoms with E-state index in [1.165, 1.54) is 10.9 Å². The van der Waals surface area contributed by atoms with Crippen LogP contribution in [0.2, 0.25) is 5.28 Å². The molecule has 5 atom stereocenters. The molecule has 2 fully saturated rings. The highest BCUT2D eigenvalue weighted by Crippen LogP contribution is 2.63. The summed E-state index contributed by atoms with van der Waals surface area (Å²) in [5, 5.41) is 24.7. The van der Waals surface area contributed by atoms with E-state index >= 15 is 0 Å². The quantitative estimate of drug-likeness (QED) is 0.266.